The molecule has 0 spiro atoms. The van der Waals surface area contributed by atoms with Crippen LogP contribution in [0.25, 0.3) is 10.8 Å². The Morgan fingerprint density at radius 1 is 1.10 bits per heavy atom. The minimum atomic E-state index is -3.72. The molecule has 4 unspecified atom stereocenters. The van der Waals surface area contributed by atoms with Crippen molar-refractivity contribution in [2.24, 2.45) is 0 Å². The number of aromatic nitrogens is 4. The first-order valence-corrected chi connectivity index (χ1v) is 15.2. The molecule has 4 aromatic rings. The number of sulfone groups is 1. The van der Waals surface area contributed by atoms with E-state index >= 15 is 0 Å². The fourth-order valence-electron chi connectivity index (χ4n) is 6.26. The topological polar surface area (TPSA) is 111 Å². The lowest BCUT2D eigenvalue weighted by Crippen LogP contribution is -2.58. The van der Waals surface area contributed by atoms with Gasteiger partial charge >= 0.3 is 0 Å². The molecule has 39 heavy (non-hydrogen) atoms. The van der Waals surface area contributed by atoms with Crippen LogP contribution in [0.3, 0.4) is 0 Å². The maximum atomic E-state index is 14.3. The molecule has 2 fully saturated rings. The summed E-state index contributed by atoms with van der Waals surface area (Å²) in [5.41, 5.74) is 0.437. The number of nitrogens with zero attached hydrogens (tertiary/aromatic N) is 4. The predicted molar refractivity (Wildman–Crippen MR) is 149 cm³/mol. The summed E-state index contributed by atoms with van der Waals surface area (Å²) in [6.45, 7) is 3.68. The molecular weight excluding hydrogens is 512 g/mol. The summed E-state index contributed by atoms with van der Waals surface area (Å²) in [4.78, 5) is 0.304. The maximum Gasteiger partial charge on any atom is 0.184 e. The van der Waals surface area contributed by atoms with Crippen molar-refractivity contribution in [2.45, 2.75) is 73.5 Å². The second-order valence-electron chi connectivity index (χ2n) is 10.7. The number of hydrogen-bond donors (Lipinski definition) is 2. The molecule has 2 bridgehead atoms. The van der Waals surface area contributed by atoms with Crippen molar-refractivity contribution in [1.29, 1.82) is 0 Å². The number of rotatable bonds is 11. The third kappa shape index (κ3) is 5.04. The van der Waals surface area contributed by atoms with Crippen molar-refractivity contribution in [1.82, 2.24) is 30.8 Å². The van der Waals surface area contributed by atoms with Gasteiger partial charge in [-0.1, -0.05) is 49.7 Å². The molecule has 0 radical (unpaired) electrons. The first-order chi connectivity index (χ1) is 19.0. The van der Waals surface area contributed by atoms with E-state index in [9.17, 15) is 8.42 Å². The number of ether oxygens (including phenoxy) is 1. The van der Waals surface area contributed by atoms with Gasteiger partial charge in [0.2, 0.25) is 0 Å². The highest BCUT2D eigenvalue weighted by Crippen LogP contribution is 2.45. The lowest BCUT2D eigenvalue weighted by atomic mass is 9.84. The minimum absolute atomic E-state index is 0.0263. The van der Waals surface area contributed by atoms with Crippen LogP contribution in [0.5, 0.6) is 5.75 Å². The van der Waals surface area contributed by atoms with Gasteiger partial charge in [-0.25, -0.2) is 13.1 Å². The van der Waals surface area contributed by atoms with Gasteiger partial charge in [0.25, 0.3) is 0 Å². The third-order valence-corrected chi connectivity index (χ3v) is 10.5. The predicted octanol–water partition coefficient (Wildman–Crippen LogP) is 3.51. The Balaban J connectivity index is 1.29. The van der Waals surface area contributed by atoms with Crippen molar-refractivity contribution in [3.8, 4) is 5.75 Å². The van der Waals surface area contributed by atoms with Gasteiger partial charge in [-0.15, -0.1) is 5.10 Å². The van der Waals surface area contributed by atoms with Crippen molar-refractivity contribution in [2.75, 3.05) is 6.61 Å². The molecule has 3 heterocycles. The maximum absolute atomic E-state index is 14.3. The summed E-state index contributed by atoms with van der Waals surface area (Å²) < 4.78 is 36.1. The van der Waals surface area contributed by atoms with Crippen LogP contribution in [0.1, 0.15) is 38.2 Å². The minimum Gasteiger partial charge on any atom is -0.494 e. The van der Waals surface area contributed by atoms with Gasteiger partial charge < -0.3 is 15.4 Å². The number of fused-ring (bicyclic) bond motifs is 3. The summed E-state index contributed by atoms with van der Waals surface area (Å²) in [5.74, 6) is 0.683. The molecule has 2 aliphatic heterocycles. The quantitative estimate of drug-likeness (QED) is 0.275. The van der Waals surface area contributed by atoms with Gasteiger partial charge in [0.15, 0.2) is 9.84 Å². The molecule has 0 aliphatic carbocycles. The number of benzene rings is 3. The van der Waals surface area contributed by atoms with E-state index in [0.717, 1.165) is 31.2 Å². The van der Waals surface area contributed by atoms with Crippen molar-refractivity contribution in [3.63, 3.8) is 0 Å². The Morgan fingerprint density at radius 3 is 2.69 bits per heavy atom. The van der Waals surface area contributed by atoms with Crippen molar-refractivity contribution >= 4 is 20.6 Å². The second-order valence-corrected chi connectivity index (χ2v) is 12.7. The van der Waals surface area contributed by atoms with Crippen LogP contribution in [0.15, 0.2) is 78.0 Å². The Bertz CT molecular complexity index is 1530. The van der Waals surface area contributed by atoms with Crippen LogP contribution >= 0.6 is 0 Å². The summed E-state index contributed by atoms with van der Waals surface area (Å²) in [7, 11) is -3.72. The second kappa shape index (κ2) is 10.7. The van der Waals surface area contributed by atoms with E-state index in [1.165, 1.54) is 10.8 Å². The molecule has 2 N–H and O–H groups in total. The summed E-state index contributed by atoms with van der Waals surface area (Å²) >= 11 is 0. The van der Waals surface area contributed by atoms with E-state index in [1.807, 2.05) is 12.1 Å². The van der Waals surface area contributed by atoms with E-state index in [0.29, 0.717) is 30.3 Å². The Kier molecular flexibility index (Phi) is 7.09. The van der Waals surface area contributed by atoms with Gasteiger partial charge in [0, 0.05) is 18.6 Å². The molecule has 0 amide bonds. The van der Waals surface area contributed by atoms with E-state index in [1.54, 1.807) is 35.3 Å². The van der Waals surface area contributed by atoms with Crippen molar-refractivity contribution < 1.29 is 13.2 Å². The molecule has 6 rings (SSSR count). The summed E-state index contributed by atoms with van der Waals surface area (Å²) in [6, 6.07) is 21.3. The average molecular weight is 547 g/mol. The Morgan fingerprint density at radius 2 is 1.92 bits per heavy atom. The average Bonchev–Trinajstić information content (AvgIpc) is 3.68. The highest BCUT2D eigenvalue weighted by atomic mass is 32.2. The van der Waals surface area contributed by atoms with Crippen LogP contribution in [-0.4, -0.2) is 58.1 Å². The zero-order valence-corrected chi connectivity index (χ0v) is 22.8. The van der Waals surface area contributed by atoms with Crippen molar-refractivity contribution in [3.05, 3.63) is 78.6 Å². The number of nitrogens with one attached hydrogen (secondary N) is 2. The lowest BCUT2D eigenvalue weighted by Gasteiger charge is -2.37. The Labute approximate surface area is 228 Å². The highest BCUT2D eigenvalue weighted by Gasteiger charge is 2.62. The molecule has 1 aromatic heterocycles. The fourth-order valence-corrected chi connectivity index (χ4v) is 8.60. The monoisotopic (exact) mass is 546 g/mol. The molecule has 2 saturated heterocycles. The van der Waals surface area contributed by atoms with Gasteiger partial charge in [-0.2, -0.15) is 0 Å². The first-order valence-electron chi connectivity index (χ1n) is 13.6. The lowest BCUT2D eigenvalue weighted by molar-refractivity contribution is 0.292. The highest BCUT2D eigenvalue weighted by molar-refractivity contribution is 7.92. The summed E-state index contributed by atoms with van der Waals surface area (Å²) in [6.07, 6.45) is 5.16. The van der Waals surface area contributed by atoms with Crippen LogP contribution in [-0.2, 0) is 22.9 Å². The molecule has 10 heteroatoms. The molecule has 204 valence electrons. The smallest absolute Gasteiger partial charge is 0.184 e. The zero-order valence-electron chi connectivity index (χ0n) is 22.0. The standard InChI is InChI=1S/C29H34N6O3S/c1-2-3-16-38-24-10-12-25(13-11-24)39(36,37)28-27(26-14-15-29(28,32-26)19-35-20-31-33-34-35)30-18-21-8-9-22-6-4-5-7-23(22)17-21/h4-13,17,20,26-28,30,32H,2-3,14-16,18-19H2,1H3. The zero-order chi connectivity index (χ0) is 26.9. The number of hydrogen-bond acceptors (Lipinski definition) is 8. The van der Waals surface area contributed by atoms with Crippen LogP contribution < -0.4 is 15.4 Å². The third-order valence-electron chi connectivity index (χ3n) is 8.12. The van der Waals surface area contributed by atoms with E-state index in [-0.39, 0.29) is 12.1 Å². The molecule has 3 aromatic carbocycles. The number of tetrazole rings is 1. The van der Waals surface area contributed by atoms with E-state index < -0.39 is 20.6 Å². The van der Waals surface area contributed by atoms with Gasteiger partial charge in [0.1, 0.15) is 17.3 Å². The van der Waals surface area contributed by atoms with Crippen LogP contribution in [0, 0.1) is 0 Å². The molecule has 2 aliphatic rings. The molecule has 9 nitrogen and oxygen atoms in total. The normalized spacial score (nSPS) is 24.4. The first kappa shape index (κ1) is 25.9. The molecule has 4 atom stereocenters. The number of unbranched alkanes of at least 4 members (excludes halogenated alkanes) is 1. The largest absolute Gasteiger partial charge is 0.494 e. The van der Waals surface area contributed by atoms with Gasteiger partial charge in [-0.05, 0) is 76.4 Å². The van der Waals surface area contributed by atoms with Gasteiger partial charge in [-0.3, -0.25) is 0 Å². The molecule has 0 saturated carbocycles. The fraction of sp³-hybridized carbons (Fsp3) is 0.414. The SMILES string of the molecule is CCCCOc1ccc(S(=O)(=O)C2C(NCc3ccc4ccccc4c3)C3CCC2(Cn2cnnn2)N3)cc1. The van der Waals surface area contributed by atoms with E-state index in [2.05, 4.69) is 63.4 Å². The van der Waals surface area contributed by atoms with Crippen LogP contribution in [0.2, 0.25) is 0 Å². The van der Waals surface area contributed by atoms with Crippen LogP contribution in [0.4, 0.5) is 0 Å². The Hall–Kier alpha value is -3.34. The molecular formula is C29H34N6O3S. The van der Waals surface area contributed by atoms with E-state index in [4.69, 9.17) is 4.74 Å². The van der Waals surface area contributed by atoms with Gasteiger partial charge in [0.05, 0.1) is 23.6 Å². The summed E-state index contributed by atoms with van der Waals surface area (Å²) in [5, 5.41) is 20.6.